The topological polar surface area (TPSA) is 50.9 Å². The van der Waals surface area contributed by atoms with Crippen molar-refractivity contribution in [3.63, 3.8) is 0 Å². The highest BCUT2D eigenvalue weighted by Gasteiger charge is 2.32. The van der Waals surface area contributed by atoms with Crippen molar-refractivity contribution in [3.05, 3.63) is 162 Å². The van der Waals surface area contributed by atoms with Crippen LogP contribution in [0.1, 0.15) is 77.6 Å². The second-order valence-electron chi connectivity index (χ2n) is 17.9. The number of hydrogen-bond donors (Lipinski definition) is 1. The Labute approximate surface area is 331 Å². The van der Waals surface area contributed by atoms with Crippen molar-refractivity contribution in [3.8, 4) is 50.5 Å². The average molecular weight is 734 g/mol. The first-order valence-electron chi connectivity index (χ1n) is 19.6. The van der Waals surface area contributed by atoms with Crippen LogP contribution in [0.15, 0.2) is 140 Å². The minimum absolute atomic E-state index is 0.0355. The Morgan fingerprint density at radius 2 is 1.12 bits per heavy atom. The summed E-state index contributed by atoms with van der Waals surface area (Å²) in [4.78, 5) is 10.5. The second-order valence-corrected chi connectivity index (χ2v) is 17.9. The van der Waals surface area contributed by atoms with Gasteiger partial charge in [-0.05, 0) is 125 Å². The van der Waals surface area contributed by atoms with Crippen molar-refractivity contribution in [1.82, 2.24) is 14.5 Å². The van der Waals surface area contributed by atoms with Gasteiger partial charge >= 0.3 is 0 Å². The highest BCUT2D eigenvalue weighted by molar-refractivity contribution is 6.01. The normalized spacial score (nSPS) is 12.4. The van der Waals surface area contributed by atoms with Gasteiger partial charge in [-0.25, -0.2) is 4.98 Å². The lowest BCUT2D eigenvalue weighted by Gasteiger charge is -2.31. The molecule has 0 spiro atoms. The molecule has 4 nitrogen and oxygen atoms in total. The zero-order valence-electron chi connectivity index (χ0n) is 34.1. The number of aryl methyl sites for hydroxylation is 1. The summed E-state index contributed by atoms with van der Waals surface area (Å²) in [5, 5.41) is 12.8. The fourth-order valence-electron chi connectivity index (χ4n) is 8.04. The first-order chi connectivity index (χ1) is 26.6. The molecule has 0 aliphatic rings. The van der Waals surface area contributed by atoms with Crippen LogP contribution in [0.25, 0.3) is 66.7 Å². The van der Waals surface area contributed by atoms with E-state index in [1.54, 1.807) is 0 Å². The van der Waals surface area contributed by atoms with Crippen molar-refractivity contribution in [2.45, 2.75) is 78.7 Å². The number of aromatic nitrogens is 3. The maximum atomic E-state index is 11.7. The van der Waals surface area contributed by atoms with E-state index < -0.39 is 5.54 Å². The van der Waals surface area contributed by atoms with Crippen LogP contribution in [0, 0.1) is 6.92 Å². The molecule has 6 aromatic carbocycles. The zero-order valence-corrected chi connectivity index (χ0v) is 34.1. The molecule has 0 bridgehead atoms. The summed E-state index contributed by atoms with van der Waals surface area (Å²) in [6, 6.07) is 47.4. The number of phenolic OH excluding ortho intramolecular Hbond substituents is 1. The van der Waals surface area contributed by atoms with Crippen LogP contribution in [-0.4, -0.2) is 19.6 Å². The number of nitrogens with zero attached hydrogens (tertiary/aromatic N) is 3. The first kappa shape index (κ1) is 36.9. The highest BCUT2D eigenvalue weighted by atomic mass is 16.3. The van der Waals surface area contributed by atoms with Gasteiger partial charge in [0.25, 0.3) is 0 Å². The molecule has 0 aliphatic carbocycles. The number of phenols is 1. The van der Waals surface area contributed by atoms with Gasteiger partial charge in [-0.15, -0.1) is 0 Å². The molecule has 1 N–H and O–H groups in total. The Kier molecular flexibility index (Phi) is 9.00. The number of hydrogen-bond acceptors (Lipinski definition) is 3. The van der Waals surface area contributed by atoms with Crippen LogP contribution in [0.5, 0.6) is 5.75 Å². The maximum absolute atomic E-state index is 11.7. The van der Waals surface area contributed by atoms with Crippen LogP contribution in [0.4, 0.5) is 0 Å². The van der Waals surface area contributed by atoms with Crippen molar-refractivity contribution in [2.75, 3.05) is 0 Å². The molecule has 2 heterocycles. The van der Waals surface area contributed by atoms with E-state index in [2.05, 4.69) is 182 Å². The molecule has 2 aromatic heterocycles. The second kappa shape index (κ2) is 13.6. The summed E-state index contributed by atoms with van der Waals surface area (Å²) < 4.78 is 2.34. The van der Waals surface area contributed by atoms with Gasteiger partial charge in [-0.2, -0.15) is 0 Å². The molecule has 4 heteroatoms. The summed E-state index contributed by atoms with van der Waals surface area (Å²) in [6.07, 6.45) is 1.89. The Bertz CT molecular complexity index is 2740. The SMILES string of the molecule is Cc1cc(-c2cc(C(C)(C)C)cc3cccnc23)cc(-c2cc(-c3ccccc3)cc3c2nc(-c2cc(C(C)(C)C)ccc2O)n3C(C)(C)c2ccccc2)c1. The minimum atomic E-state index is -0.544. The summed E-state index contributed by atoms with van der Waals surface area (Å²) in [5.74, 6) is 0.934. The lowest BCUT2D eigenvalue weighted by atomic mass is 9.83. The van der Waals surface area contributed by atoms with E-state index in [9.17, 15) is 5.11 Å². The van der Waals surface area contributed by atoms with E-state index >= 15 is 0 Å². The molecule has 0 unspecified atom stereocenters. The van der Waals surface area contributed by atoms with Crippen LogP contribution >= 0.6 is 0 Å². The molecule has 0 saturated heterocycles. The molecule has 8 aromatic rings. The molecule has 0 radical (unpaired) electrons. The Morgan fingerprint density at radius 3 is 1.79 bits per heavy atom. The molecular formula is C52H51N3O. The Hall–Kier alpha value is -6.00. The molecule has 0 saturated carbocycles. The van der Waals surface area contributed by atoms with Gasteiger partial charge in [0.1, 0.15) is 11.6 Å². The molecule has 0 aliphatic heterocycles. The van der Waals surface area contributed by atoms with Crippen LogP contribution in [0.2, 0.25) is 0 Å². The number of rotatable bonds is 6. The third-order valence-electron chi connectivity index (χ3n) is 11.3. The van der Waals surface area contributed by atoms with E-state index in [0.29, 0.717) is 5.56 Å². The summed E-state index contributed by atoms with van der Waals surface area (Å²) in [6.45, 7) is 20.1. The minimum Gasteiger partial charge on any atom is -0.507 e. The molecule has 280 valence electrons. The summed E-state index contributed by atoms with van der Waals surface area (Å²) in [5.41, 5.74) is 14.2. The number of aromatic hydroxyl groups is 1. The largest absolute Gasteiger partial charge is 0.507 e. The molecule has 56 heavy (non-hydrogen) atoms. The van der Waals surface area contributed by atoms with E-state index in [0.717, 1.165) is 77.8 Å². The predicted molar refractivity (Wildman–Crippen MR) is 235 cm³/mol. The number of fused-ring (bicyclic) bond motifs is 2. The Morgan fingerprint density at radius 1 is 0.500 bits per heavy atom. The fraction of sp³-hybridized carbons (Fsp3) is 0.231. The quantitative estimate of drug-likeness (QED) is 0.185. The van der Waals surface area contributed by atoms with Gasteiger partial charge in [0.15, 0.2) is 0 Å². The van der Waals surface area contributed by atoms with E-state index in [1.165, 1.54) is 5.56 Å². The molecule has 0 fully saturated rings. The van der Waals surface area contributed by atoms with Gasteiger partial charge < -0.3 is 9.67 Å². The lowest BCUT2D eigenvalue weighted by molar-refractivity contribution is 0.448. The first-order valence-corrected chi connectivity index (χ1v) is 19.6. The molecule has 0 atom stereocenters. The fourth-order valence-corrected chi connectivity index (χ4v) is 8.04. The van der Waals surface area contributed by atoms with Gasteiger partial charge in [0.2, 0.25) is 0 Å². The van der Waals surface area contributed by atoms with Crippen molar-refractivity contribution < 1.29 is 5.11 Å². The standard InChI is InChI=1S/C52H51N3O/c1-33-25-37(27-38(26-33)43-32-41(51(5,6)7)28-35-19-16-24-53-47(35)43)42-29-36(34-17-12-10-13-18-34)30-45-48(42)54-49(44-31-40(50(2,3)4)22-23-46(44)56)55(45)52(8,9)39-20-14-11-15-21-39/h10-32,56H,1-9H3. The van der Waals surface area contributed by atoms with E-state index in [-0.39, 0.29) is 16.6 Å². The monoisotopic (exact) mass is 733 g/mol. The smallest absolute Gasteiger partial charge is 0.145 e. The predicted octanol–water partition coefficient (Wildman–Crippen LogP) is 13.6. The van der Waals surface area contributed by atoms with Crippen LogP contribution < -0.4 is 0 Å². The molecular weight excluding hydrogens is 683 g/mol. The summed E-state index contributed by atoms with van der Waals surface area (Å²) in [7, 11) is 0. The van der Waals surface area contributed by atoms with E-state index in [4.69, 9.17) is 9.97 Å². The van der Waals surface area contributed by atoms with Gasteiger partial charge in [-0.1, -0.05) is 126 Å². The third kappa shape index (κ3) is 6.68. The number of imidazole rings is 1. The van der Waals surface area contributed by atoms with Crippen molar-refractivity contribution in [1.29, 1.82) is 0 Å². The average Bonchev–Trinajstić information content (AvgIpc) is 3.57. The van der Waals surface area contributed by atoms with Crippen LogP contribution in [-0.2, 0) is 16.4 Å². The van der Waals surface area contributed by atoms with Crippen LogP contribution in [0.3, 0.4) is 0 Å². The number of benzene rings is 6. The van der Waals surface area contributed by atoms with Gasteiger partial charge in [0.05, 0.1) is 27.7 Å². The molecule has 0 amide bonds. The summed E-state index contributed by atoms with van der Waals surface area (Å²) >= 11 is 0. The molecule has 8 rings (SSSR count). The van der Waals surface area contributed by atoms with Gasteiger partial charge in [-0.3, -0.25) is 4.98 Å². The lowest BCUT2D eigenvalue weighted by Crippen LogP contribution is -2.28. The van der Waals surface area contributed by atoms with E-state index in [1.807, 2.05) is 24.4 Å². The number of pyridine rings is 1. The highest BCUT2D eigenvalue weighted by Crippen LogP contribution is 2.45. The maximum Gasteiger partial charge on any atom is 0.145 e. The van der Waals surface area contributed by atoms with Crippen molar-refractivity contribution in [2.24, 2.45) is 0 Å². The van der Waals surface area contributed by atoms with Gasteiger partial charge in [0, 0.05) is 22.7 Å². The zero-order chi connectivity index (χ0) is 39.6. The van der Waals surface area contributed by atoms with Crippen molar-refractivity contribution >= 4 is 21.9 Å². The third-order valence-corrected chi connectivity index (χ3v) is 11.3. The Balaban J connectivity index is 1.48.